The molecule has 1 aromatic heterocycles. The summed E-state index contributed by atoms with van der Waals surface area (Å²) in [5.41, 5.74) is 2.05. The molecule has 1 aromatic carbocycles. The van der Waals surface area contributed by atoms with Crippen LogP contribution in [0.2, 0.25) is 0 Å². The molecule has 3 N–H and O–H groups in total. The van der Waals surface area contributed by atoms with Gasteiger partial charge >= 0.3 is 5.97 Å². The van der Waals surface area contributed by atoms with Crippen molar-refractivity contribution in [2.24, 2.45) is 5.92 Å². The zero-order valence-corrected chi connectivity index (χ0v) is 17.9. The summed E-state index contributed by atoms with van der Waals surface area (Å²) in [6.07, 6.45) is 2.95. The normalized spacial score (nSPS) is 15.2. The van der Waals surface area contributed by atoms with Crippen LogP contribution in [0.3, 0.4) is 0 Å². The van der Waals surface area contributed by atoms with E-state index in [1.165, 1.54) is 11.3 Å². The first-order valence-corrected chi connectivity index (χ1v) is 10.8. The van der Waals surface area contributed by atoms with E-state index in [0.29, 0.717) is 27.9 Å². The average molecular weight is 431 g/mol. The van der Waals surface area contributed by atoms with Crippen molar-refractivity contribution in [2.45, 2.75) is 45.4 Å². The van der Waals surface area contributed by atoms with Gasteiger partial charge in [-0.3, -0.25) is 14.4 Å². The molecular formula is C22H26N2O5S. The molecule has 2 amide bonds. The molecule has 3 rings (SSSR count). The number of carbonyl (C=O) groups is 3. The third-order valence-electron chi connectivity index (χ3n) is 5.14. The number of carboxylic acids is 1. The number of benzene rings is 1. The van der Waals surface area contributed by atoms with Gasteiger partial charge in [-0.2, -0.15) is 0 Å². The summed E-state index contributed by atoms with van der Waals surface area (Å²) in [5.74, 6) is -0.412. The molecule has 1 aliphatic rings. The molecule has 0 radical (unpaired) electrons. The molecule has 0 bridgehead atoms. The SMILES string of the molecule is COc1ccccc1NC(=O)c1c(NC(=O)CCCC(=O)O)sc2c1CC[C@H](C)C2. The minimum atomic E-state index is -0.930. The van der Waals surface area contributed by atoms with Gasteiger partial charge in [0.2, 0.25) is 5.91 Å². The number of rotatable bonds is 8. The second kappa shape index (κ2) is 9.75. The monoisotopic (exact) mass is 430 g/mol. The number of hydrogen-bond acceptors (Lipinski definition) is 5. The van der Waals surface area contributed by atoms with Crippen LogP contribution in [-0.2, 0) is 22.4 Å². The average Bonchev–Trinajstić information content (AvgIpc) is 3.04. The summed E-state index contributed by atoms with van der Waals surface area (Å²) >= 11 is 1.44. The fourth-order valence-electron chi connectivity index (χ4n) is 3.60. The van der Waals surface area contributed by atoms with Gasteiger partial charge in [-0.25, -0.2) is 0 Å². The van der Waals surface area contributed by atoms with E-state index in [2.05, 4.69) is 17.6 Å². The largest absolute Gasteiger partial charge is 0.495 e. The van der Waals surface area contributed by atoms with E-state index in [1.807, 2.05) is 12.1 Å². The minimum absolute atomic E-state index is 0.0625. The number of ether oxygens (including phenoxy) is 1. The number of fused-ring (bicyclic) bond motifs is 1. The van der Waals surface area contributed by atoms with Crippen molar-refractivity contribution in [3.8, 4) is 5.75 Å². The zero-order chi connectivity index (χ0) is 21.7. The highest BCUT2D eigenvalue weighted by Crippen LogP contribution is 2.40. The standard InChI is InChI=1S/C22H26N2O5S/c1-13-10-11-14-17(12-13)30-22(24-18(25)8-5-9-19(26)27)20(14)21(28)23-15-6-3-4-7-16(15)29-2/h3-4,6-7,13H,5,8-12H2,1-2H3,(H,23,28)(H,24,25)(H,26,27)/t13-/m0/s1. The quantitative estimate of drug-likeness (QED) is 0.578. The van der Waals surface area contributed by atoms with Gasteiger partial charge < -0.3 is 20.5 Å². The maximum absolute atomic E-state index is 13.2. The van der Waals surface area contributed by atoms with Crippen molar-refractivity contribution in [1.82, 2.24) is 0 Å². The smallest absolute Gasteiger partial charge is 0.303 e. The lowest BCUT2D eigenvalue weighted by Crippen LogP contribution is -2.19. The molecule has 0 spiro atoms. The highest BCUT2D eigenvalue weighted by molar-refractivity contribution is 7.17. The molecule has 0 unspecified atom stereocenters. The molecule has 1 heterocycles. The Morgan fingerprint density at radius 2 is 1.97 bits per heavy atom. The zero-order valence-electron chi connectivity index (χ0n) is 17.1. The molecule has 0 fully saturated rings. The van der Waals surface area contributed by atoms with Crippen molar-refractivity contribution in [1.29, 1.82) is 0 Å². The van der Waals surface area contributed by atoms with Crippen LogP contribution < -0.4 is 15.4 Å². The van der Waals surface area contributed by atoms with Crippen LogP contribution in [0.25, 0.3) is 0 Å². The van der Waals surface area contributed by atoms with Gasteiger partial charge in [0.25, 0.3) is 5.91 Å². The second-order valence-corrected chi connectivity index (χ2v) is 8.61. The Kier molecular flexibility index (Phi) is 7.10. The molecule has 8 heteroatoms. The molecule has 1 atom stereocenters. The van der Waals surface area contributed by atoms with Crippen LogP contribution in [0, 0.1) is 5.92 Å². The van der Waals surface area contributed by atoms with E-state index in [4.69, 9.17) is 9.84 Å². The van der Waals surface area contributed by atoms with E-state index in [1.54, 1.807) is 19.2 Å². The van der Waals surface area contributed by atoms with Crippen LogP contribution in [-0.4, -0.2) is 30.0 Å². The molecule has 2 aromatic rings. The van der Waals surface area contributed by atoms with Gasteiger partial charge in [0.1, 0.15) is 10.8 Å². The number of amides is 2. The number of aliphatic carboxylic acids is 1. The summed E-state index contributed by atoms with van der Waals surface area (Å²) < 4.78 is 5.32. The first kappa shape index (κ1) is 21.8. The predicted octanol–water partition coefficient (Wildman–Crippen LogP) is 4.33. The molecular weight excluding hydrogens is 404 g/mol. The fraction of sp³-hybridized carbons (Fsp3) is 0.409. The van der Waals surface area contributed by atoms with E-state index < -0.39 is 5.97 Å². The van der Waals surface area contributed by atoms with Crippen LogP contribution in [0.4, 0.5) is 10.7 Å². The molecule has 0 aliphatic heterocycles. The van der Waals surface area contributed by atoms with Crippen LogP contribution in [0.5, 0.6) is 5.75 Å². The second-order valence-electron chi connectivity index (χ2n) is 7.51. The number of methoxy groups -OCH3 is 1. The first-order valence-electron chi connectivity index (χ1n) is 9.99. The van der Waals surface area contributed by atoms with Crippen molar-refractivity contribution in [2.75, 3.05) is 17.7 Å². The van der Waals surface area contributed by atoms with E-state index in [0.717, 1.165) is 29.7 Å². The van der Waals surface area contributed by atoms with E-state index in [9.17, 15) is 14.4 Å². The third-order valence-corrected chi connectivity index (χ3v) is 6.31. The van der Waals surface area contributed by atoms with E-state index in [-0.39, 0.29) is 31.1 Å². The van der Waals surface area contributed by atoms with Crippen molar-refractivity contribution in [3.05, 3.63) is 40.3 Å². The Morgan fingerprint density at radius 1 is 1.20 bits per heavy atom. The lowest BCUT2D eigenvalue weighted by atomic mass is 9.88. The van der Waals surface area contributed by atoms with Gasteiger partial charge in [-0.05, 0) is 49.3 Å². The van der Waals surface area contributed by atoms with Crippen molar-refractivity contribution in [3.63, 3.8) is 0 Å². The Bertz CT molecular complexity index is 953. The molecule has 30 heavy (non-hydrogen) atoms. The molecule has 0 saturated heterocycles. The highest BCUT2D eigenvalue weighted by atomic mass is 32.1. The third kappa shape index (κ3) is 5.18. The number of hydrogen-bond donors (Lipinski definition) is 3. The number of thiophene rings is 1. The van der Waals surface area contributed by atoms with Crippen molar-refractivity contribution < 1.29 is 24.2 Å². The van der Waals surface area contributed by atoms with Crippen LogP contribution >= 0.6 is 11.3 Å². The maximum Gasteiger partial charge on any atom is 0.303 e. The summed E-state index contributed by atoms with van der Waals surface area (Å²) in [4.78, 5) is 37.4. The molecule has 7 nitrogen and oxygen atoms in total. The van der Waals surface area contributed by atoms with Crippen molar-refractivity contribution >= 4 is 39.8 Å². The summed E-state index contributed by atoms with van der Waals surface area (Å²) in [6.45, 7) is 2.18. The summed E-state index contributed by atoms with van der Waals surface area (Å²) in [6, 6.07) is 7.17. The Morgan fingerprint density at radius 3 is 2.70 bits per heavy atom. The van der Waals surface area contributed by atoms with Gasteiger partial charge in [0.15, 0.2) is 0 Å². The van der Waals surface area contributed by atoms with Gasteiger partial charge in [0, 0.05) is 17.7 Å². The Hall–Kier alpha value is -2.87. The van der Waals surface area contributed by atoms with Crippen LogP contribution in [0.15, 0.2) is 24.3 Å². The molecule has 1 aliphatic carbocycles. The summed E-state index contributed by atoms with van der Waals surface area (Å²) in [7, 11) is 1.54. The number of para-hydroxylation sites is 2. The minimum Gasteiger partial charge on any atom is -0.495 e. The van der Waals surface area contributed by atoms with E-state index >= 15 is 0 Å². The lowest BCUT2D eigenvalue weighted by Gasteiger charge is -2.19. The van der Waals surface area contributed by atoms with Gasteiger partial charge in [-0.15, -0.1) is 11.3 Å². The lowest BCUT2D eigenvalue weighted by molar-refractivity contribution is -0.137. The topological polar surface area (TPSA) is 105 Å². The maximum atomic E-state index is 13.2. The highest BCUT2D eigenvalue weighted by Gasteiger charge is 2.28. The number of carbonyl (C=O) groups excluding carboxylic acids is 2. The molecule has 0 saturated carbocycles. The van der Waals surface area contributed by atoms with Gasteiger partial charge in [-0.1, -0.05) is 19.1 Å². The van der Waals surface area contributed by atoms with Gasteiger partial charge in [0.05, 0.1) is 18.4 Å². The Balaban J connectivity index is 1.85. The number of nitrogens with one attached hydrogen (secondary N) is 2. The first-order chi connectivity index (χ1) is 14.4. The fourth-order valence-corrected chi connectivity index (χ4v) is 5.03. The predicted molar refractivity (Wildman–Crippen MR) is 117 cm³/mol. The van der Waals surface area contributed by atoms with Crippen LogP contribution in [0.1, 0.15) is 53.4 Å². The number of carboxylic acid groups (broad SMARTS) is 1. The number of anilines is 2. The summed E-state index contributed by atoms with van der Waals surface area (Å²) in [5, 5.41) is 15.0. The Labute approximate surface area is 179 Å². The molecule has 160 valence electrons.